The van der Waals surface area contributed by atoms with Crippen LogP contribution in [0.25, 0.3) is 0 Å². The Bertz CT molecular complexity index is 614. The Morgan fingerprint density at radius 1 is 1.10 bits per heavy atom. The minimum Gasteiger partial charge on any atom is -0.494 e. The highest BCUT2D eigenvalue weighted by Crippen LogP contribution is 2.14. The van der Waals surface area contributed by atoms with Crippen molar-refractivity contribution in [1.82, 2.24) is 5.32 Å². The van der Waals surface area contributed by atoms with Crippen molar-refractivity contribution in [3.05, 3.63) is 69.8 Å². The molecule has 2 rings (SSSR count). The van der Waals surface area contributed by atoms with Crippen molar-refractivity contribution in [3.63, 3.8) is 0 Å². The van der Waals surface area contributed by atoms with Gasteiger partial charge in [-0.15, -0.1) is 0 Å². The molecule has 0 unspecified atom stereocenters. The van der Waals surface area contributed by atoms with Crippen LogP contribution < -0.4 is 10.1 Å². The van der Waals surface area contributed by atoms with Crippen LogP contribution in [0.4, 0.5) is 5.69 Å². The Labute approximate surface area is 123 Å². The highest BCUT2D eigenvalue weighted by atomic mass is 16.6. The van der Waals surface area contributed by atoms with Gasteiger partial charge in [0.1, 0.15) is 5.75 Å². The van der Waals surface area contributed by atoms with Crippen LogP contribution in [0, 0.1) is 10.1 Å². The fourth-order valence-electron chi connectivity index (χ4n) is 2.04. The summed E-state index contributed by atoms with van der Waals surface area (Å²) in [5.74, 6) is 0.854. The second kappa shape index (κ2) is 7.40. The van der Waals surface area contributed by atoms with Gasteiger partial charge >= 0.3 is 0 Å². The summed E-state index contributed by atoms with van der Waals surface area (Å²) in [6, 6.07) is 14.5. The molecule has 2 aromatic carbocycles. The maximum atomic E-state index is 10.7. The second-order valence-corrected chi connectivity index (χ2v) is 4.61. The molecule has 0 aliphatic rings. The topological polar surface area (TPSA) is 64.4 Å². The summed E-state index contributed by atoms with van der Waals surface area (Å²) < 4.78 is 5.45. The predicted octanol–water partition coefficient (Wildman–Crippen LogP) is 3.28. The van der Waals surface area contributed by atoms with E-state index in [4.69, 9.17) is 4.74 Å². The van der Waals surface area contributed by atoms with E-state index in [0.717, 1.165) is 16.9 Å². The summed E-state index contributed by atoms with van der Waals surface area (Å²) in [6.07, 6.45) is 0. The van der Waals surface area contributed by atoms with Crippen LogP contribution in [0.5, 0.6) is 5.75 Å². The molecule has 0 bridgehead atoms. The normalized spacial score (nSPS) is 10.3. The van der Waals surface area contributed by atoms with Crippen LogP contribution in [-0.4, -0.2) is 11.5 Å². The Hall–Kier alpha value is -2.40. The van der Waals surface area contributed by atoms with Crippen LogP contribution >= 0.6 is 0 Å². The quantitative estimate of drug-likeness (QED) is 0.626. The zero-order chi connectivity index (χ0) is 15.1. The molecule has 0 atom stereocenters. The molecule has 0 aliphatic heterocycles. The lowest BCUT2D eigenvalue weighted by molar-refractivity contribution is -0.384. The molecule has 2 aromatic rings. The summed E-state index contributed by atoms with van der Waals surface area (Å²) in [5, 5.41) is 14.0. The first kappa shape index (κ1) is 15.0. The molecular weight excluding hydrogens is 268 g/mol. The fraction of sp³-hybridized carbons (Fsp3) is 0.250. The van der Waals surface area contributed by atoms with E-state index in [1.165, 1.54) is 6.07 Å². The molecule has 0 fully saturated rings. The molecule has 0 radical (unpaired) electrons. The van der Waals surface area contributed by atoms with E-state index in [-0.39, 0.29) is 10.6 Å². The fourth-order valence-corrected chi connectivity index (χ4v) is 2.04. The average Bonchev–Trinajstić information content (AvgIpc) is 2.48. The lowest BCUT2D eigenvalue weighted by Gasteiger charge is -2.08. The van der Waals surface area contributed by atoms with E-state index < -0.39 is 0 Å². The summed E-state index contributed by atoms with van der Waals surface area (Å²) >= 11 is 0. The molecule has 0 amide bonds. The van der Waals surface area contributed by atoms with Gasteiger partial charge in [-0.2, -0.15) is 0 Å². The van der Waals surface area contributed by atoms with Crippen molar-refractivity contribution in [1.29, 1.82) is 0 Å². The molecular formula is C16H18N2O3. The molecule has 0 saturated heterocycles. The number of ether oxygens (including phenoxy) is 1. The van der Waals surface area contributed by atoms with Gasteiger partial charge in [0.05, 0.1) is 11.5 Å². The number of rotatable bonds is 7. The number of nitro groups is 1. The molecule has 0 saturated carbocycles. The van der Waals surface area contributed by atoms with Crippen molar-refractivity contribution in [3.8, 4) is 5.75 Å². The number of nitrogens with one attached hydrogen (secondary N) is 1. The summed E-state index contributed by atoms with van der Waals surface area (Å²) in [5.41, 5.74) is 2.13. The van der Waals surface area contributed by atoms with Gasteiger partial charge in [-0.1, -0.05) is 24.3 Å². The number of nitro benzene ring substituents is 1. The summed E-state index contributed by atoms with van der Waals surface area (Å²) in [6.45, 7) is 3.86. The first-order valence-corrected chi connectivity index (χ1v) is 6.85. The van der Waals surface area contributed by atoms with Crippen LogP contribution in [-0.2, 0) is 13.1 Å². The van der Waals surface area contributed by atoms with Gasteiger partial charge in [-0.3, -0.25) is 10.1 Å². The van der Waals surface area contributed by atoms with Gasteiger partial charge in [0.2, 0.25) is 0 Å². The summed E-state index contributed by atoms with van der Waals surface area (Å²) in [7, 11) is 0. The van der Waals surface area contributed by atoms with E-state index in [0.29, 0.717) is 19.7 Å². The van der Waals surface area contributed by atoms with Gasteiger partial charge in [-0.05, 0) is 30.2 Å². The minimum atomic E-state index is -0.380. The van der Waals surface area contributed by atoms with E-state index in [1.54, 1.807) is 12.1 Å². The van der Waals surface area contributed by atoms with Gasteiger partial charge in [-0.25, -0.2) is 0 Å². The lowest BCUT2D eigenvalue weighted by atomic mass is 10.2. The van der Waals surface area contributed by atoms with E-state index in [1.807, 2.05) is 37.3 Å². The number of hydrogen-bond donors (Lipinski definition) is 1. The van der Waals surface area contributed by atoms with Crippen molar-refractivity contribution in [2.45, 2.75) is 20.0 Å². The monoisotopic (exact) mass is 286 g/mol. The number of benzene rings is 2. The summed E-state index contributed by atoms with van der Waals surface area (Å²) in [4.78, 5) is 10.3. The number of hydrogen-bond acceptors (Lipinski definition) is 4. The van der Waals surface area contributed by atoms with Gasteiger partial charge < -0.3 is 10.1 Å². The molecule has 5 heteroatoms. The molecule has 110 valence electrons. The smallest absolute Gasteiger partial charge is 0.269 e. The Kier molecular flexibility index (Phi) is 5.29. The van der Waals surface area contributed by atoms with Crippen molar-refractivity contribution >= 4 is 5.69 Å². The third-order valence-electron chi connectivity index (χ3n) is 2.99. The van der Waals surface area contributed by atoms with Gasteiger partial charge in [0.25, 0.3) is 5.69 Å². The van der Waals surface area contributed by atoms with E-state index in [2.05, 4.69) is 5.32 Å². The molecule has 1 N–H and O–H groups in total. The Morgan fingerprint density at radius 2 is 1.76 bits per heavy atom. The molecule has 5 nitrogen and oxygen atoms in total. The highest BCUT2D eigenvalue weighted by Gasteiger charge is 2.05. The Morgan fingerprint density at radius 3 is 2.43 bits per heavy atom. The van der Waals surface area contributed by atoms with Crippen molar-refractivity contribution < 1.29 is 9.66 Å². The highest BCUT2D eigenvalue weighted by molar-refractivity contribution is 5.34. The van der Waals surface area contributed by atoms with Crippen LogP contribution in [0.15, 0.2) is 48.5 Å². The third-order valence-corrected chi connectivity index (χ3v) is 2.99. The molecule has 0 heterocycles. The van der Waals surface area contributed by atoms with E-state index in [9.17, 15) is 10.1 Å². The van der Waals surface area contributed by atoms with Crippen molar-refractivity contribution in [2.24, 2.45) is 0 Å². The van der Waals surface area contributed by atoms with Crippen LogP contribution in [0.3, 0.4) is 0 Å². The second-order valence-electron chi connectivity index (χ2n) is 4.61. The van der Waals surface area contributed by atoms with Gasteiger partial charge in [0.15, 0.2) is 0 Å². The molecule has 21 heavy (non-hydrogen) atoms. The maximum absolute atomic E-state index is 10.7. The average molecular weight is 286 g/mol. The molecule has 0 aromatic heterocycles. The largest absolute Gasteiger partial charge is 0.494 e. The third kappa shape index (κ3) is 4.57. The SMILES string of the molecule is CCOc1cccc(CNCc2cccc([N+](=O)[O-])c2)c1. The number of non-ortho nitro benzene ring substituents is 1. The Balaban J connectivity index is 1.90. The lowest BCUT2D eigenvalue weighted by Crippen LogP contribution is -2.12. The van der Waals surface area contributed by atoms with Gasteiger partial charge in [0, 0.05) is 25.2 Å². The maximum Gasteiger partial charge on any atom is 0.269 e. The first-order valence-electron chi connectivity index (χ1n) is 6.85. The molecule has 0 spiro atoms. The molecule has 0 aliphatic carbocycles. The minimum absolute atomic E-state index is 0.118. The van der Waals surface area contributed by atoms with Crippen molar-refractivity contribution in [2.75, 3.05) is 6.61 Å². The zero-order valence-electron chi connectivity index (χ0n) is 11.9. The standard InChI is InChI=1S/C16H18N2O3/c1-2-21-16-8-4-6-14(10-16)12-17-11-13-5-3-7-15(9-13)18(19)20/h3-10,17H,2,11-12H2,1H3. The first-order chi connectivity index (χ1) is 10.2. The zero-order valence-corrected chi connectivity index (χ0v) is 11.9. The predicted molar refractivity (Wildman–Crippen MR) is 81.3 cm³/mol. The van der Waals surface area contributed by atoms with E-state index >= 15 is 0 Å². The van der Waals surface area contributed by atoms with Crippen LogP contribution in [0.2, 0.25) is 0 Å². The van der Waals surface area contributed by atoms with Crippen LogP contribution in [0.1, 0.15) is 18.1 Å². The number of nitrogens with zero attached hydrogens (tertiary/aromatic N) is 1.